The first-order valence-electron chi connectivity index (χ1n) is 8.60. The highest BCUT2D eigenvalue weighted by molar-refractivity contribution is 6.30. The monoisotopic (exact) mass is 395 g/mol. The lowest BCUT2D eigenvalue weighted by Gasteiger charge is -2.19. The fourth-order valence-electron chi connectivity index (χ4n) is 2.69. The molecule has 1 aliphatic rings. The van der Waals surface area contributed by atoms with Gasteiger partial charge in [-0.05, 0) is 37.5 Å². The first-order valence-corrected chi connectivity index (χ1v) is 8.98. The minimum Gasteiger partial charge on any atom is -0.445 e. The molecule has 1 aromatic carbocycles. The number of alkyl carbamates (subject to hydrolysis) is 1. The van der Waals surface area contributed by atoms with E-state index in [2.05, 4.69) is 16.0 Å². The van der Waals surface area contributed by atoms with Crippen LogP contribution < -0.4 is 16.0 Å². The van der Waals surface area contributed by atoms with E-state index in [1.807, 2.05) is 0 Å². The van der Waals surface area contributed by atoms with Crippen molar-refractivity contribution in [1.29, 1.82) is 0 Å². The summed E-state index contributed by atoms with van der Waals surface area (Å²) in [6.07, 6.45) is 0.680. The molecule has 2 rings (SSSR count). The highest BCUT2D eigenvalue weighted by Gasteiger charge is 2.28. The van der Waals surface area contributed by atoms with Gasteiger partial charge < -0.3 is 25.5 Å². The highest BCUT2D eigenvalue weighted by Crippen LogP contribution is 2.15. The van der Waals surface area contributed by atoms with E-state index in [1.54, 1.807) is 24.3 Å². The lowest BCUT2D eigenvalue weighted by Crippen LogP contribution is -2.49. The van der Waals surface area contributed by atoms with Crippen LogP contribution in [0.3, 0.4) is 0 Å². The molecule has 1 aliphatic heterocycles. The number of ether oxygens (including phenoxy) is 1. The topological polar surface area (TPSA) is 114 Å². The van der Waals surface area contributed by atoms with Gasteiger partial charge >= 0.3 is 6.09 Å². The van der Waals surface area contributed by atoms with Crippen molar-refractivity contribution in [3.63, 3.8) is 0 Å². The van der Waals surface area contributed by atoms with Crippen LogP contribution in [0.5, 0.6) is 0 Å². The Kier molecular flexibility index (Phi) is 7.60. The van der Waals surface area contributed by atoms with Crippen molar-refractivity contribution in [1.82, 2.24) is 16.0 Å². The molecule has 1 saturated heterocycles. The van der Waals surface area contributed by atoms with Crippen LogP contribution in [0.2, 0.25) is 5.02 Å². The van der Waals surface area contributed by atoms with E-state index in [1.165, 1.54) is 6.92 Å². The van der Waals surface area contributed by atoms with Gasteiger partial charge in [-0.2, -0.15) is 0 Å². The third-order valence-corrected chi connectivity index (χ3v) is 4.41. The fraction of sp³-hybridized carbons (Fsp3) is 0.444. The molecule has 3 atom stereocenters. The molecule has 0 aliphatic carbocycles. The zero-order valence-corrected chi connectivity index (χ0v) is 15.6. The molecule has 8 nitrogen and oxygen atoms in total. The molecule has 0 unspecified atom stereocenters. The smallest absolute Gasteiger partial charge is 0.408 e. The van der Waals surface area contributed by atoms with Gasteiger partial charge in [0.05, 0.1) is 6.04 Å². The summed E-state index contributed by atoms with van der Waals surface area (Å²) in [4.78, 5) is 46.8. The van der Waals surface area contributed by atoms with Crippen LogP contribution in [0.4, 0.5) is 4.79 Å². The minimum atomic E-state index is -0.906. The standard InChI is InChI=1S/C18H22ClN3O5/c1-11(21-18(26)27-10-12-3-2-4-14(19)7-12)16(24)22-15(9-23)8-13-5-6-20-17(13)25/h2-4,7,9,11,13,15H,5-6,8,10H2,1H3,(H,20,25)(H,21,26)(H,22,24)/t11-,13+,15-/m0/s1. The quantitative estimate of drug-likeness (QED) is 0.572. The molecule has 27 heavy (non-hydrogen) atoms. The Morgan fingerprint density at radius 3 is 2.81 bits per heavy atom. The van der Waals surface area contributed by atoms with Gasteiger partial charge in [-0.1, -0.05) is 23.7 Å². The normalized spacial score (nSPS) is 18.1. The van der Waals surface area contributed by atoms with Gasteiger partial charge in [-0.15, -0.1) is 0 Å². The van der Waals surface area contributed by atoms with Crippen molar-refractivity contribution in [3.8, 4) is 0 Å². The summed E-state index contributed by atoms with van der Waals surface area (Å²) in [6, 6.07) is 5.16. The molecule has 0 aromatic heterocycles. The van der Waals surface area contributed by atoms with E-state index in [9.17, 15) is 19.2 Å². The number of hydrogen-bond donors (Lipinski definition) is 3. The molecular weight excluding hydrogens is 374 g/mol. The third kappa shape index (κ3) is 6.56. The van der Waals surface area contributed by atoms with Crippen molar-refractivity contribution >= 4 is 35.8 Å². The second-order valence-corrected chi connectivity index (χ2v) is 6.77. The van der Waals surface area contributed by atoms with Crippen LogP contribution in [-0.4, -0.2) is 42.8 Å². The van der Waals surface area contributed by atoms with E-state index in [-0.39, 0.29) is 24.9 Å². The van der Waals surface area contributed by atoms with E-state index in [0.29, 0.717) is 29.8 Å². The lowest BCUT2D eigenvalue weighted by atomic mass is 9.99. The number of carbonyl (C=O) groups is 4. The number of rotatable bonds is 8. The van der Waals surface area contributed by atoms with Gasteiger partial charge in [0, 0.05) is 17.5 Å². The maximum absolute atomic E-state index is 12.2. The molecule has 146 valence electrons. The summed E-state index contributed by atoms with van der Waals surface area (Å²) in [6.45, 7) is 2.05. The molecule has 0 radical (unpaired) electrons. The average Bonchev–Trinajstić information content (AvgIpc) is 3.04. The highest BCUT2D eigenvalue weighted by atomic mass is 35.5. The Hall–Kier alpha value is -2.61. The Labute approximate surface area is 162 Å². The summed E-state index contributed by atoms with van der Waals surface area (Å²) in [7, 11) is 0. The molecule has 0 saturated carbocycles. The number of carbonyl (C=O) groups excluding carboxylic acids is 4. The van der Waals surface area contributed by atoms with Gasteiger partial charge in [-0.3, -0.25) is 9.59 Å². The molecule has 1 fully saturated rings. The van der Waals surface area contributed by atoms with Crippen molar-refractivity contribution in [3.05, 3.63) is 34.9 Å². The first-order chi connectivity index (χ1) is 12.9. The SMILES string of the molecule is C[C@H](NC(=O)OCc1cccc(Cl)c1)C(=O)N[C@H](C=O)C[C@H]1CCNC1=O. The zero-order chi connectivity index (χ0) is 19.8. The second-order valence-electron chi connectivity index (χ2n) is 6.34. The van der Waals surface area contributed by atoms with Crippen LogP contribution in [0.1, 0.15) is 25.3 Å². The largest absolute Gasteiger partial charge is 0.445 e. The summed E-state index contributed by atoms with van der Waals surface area (Å²) >= 11 is 5.86. The molecule has 0 bridgehead atoms. The van der Waals surface area contributed by atoms with Gasteiger partial charge in [0.15, 0.2) is 0 Å². The van der Waals surface area contributed by atoms with Crippen LogP contribution in [0.25, 0.3) is 0 Å². The molecule has 1 heterocycles. The van der Waals surface area contributed by atoms with Gasteiger partial charge in [0.2, 0.25) is 11.8 Å². The number of aldehydes is 1. The molecule has 3 N–H and O–H groups in total. The number of halogens is 1. The van der Waals surface area contributed by atoms with Crippen LogP contribution in [0.15, 0.2) is 24.3 Å². The van der Waals surface area contributed by atoms with Crippen LogP contribution >= 0.6 is 11.6 Å². The minimum absolute atomic E-state index is 0.00842. The lowest BCUT2D eigenvalue weighted by molar-refractivity contribution is -0.127. The average molecular weight is 396 g/mol. The summed E-state index contributed by atoms with van der Waals surface area (Å²) in [5.74, 6) is -0.955. The third-order valence-electron chi connectivity index (χ3n) is 4.18. The predicted molar refractivity (Wildman–Crippen MR) is 98.0 cm³/mol. The predicted octanol–water partition coefficient (Wildman–Crippen LogP) is 1.16. The molecular formula is C18H22ClN3O5. The Bertz CT molecular complexity index is 712. The van der Waals surface area contributed by atoms with Gasteiger partial charge in [0.25, 0.3) is 0 Å². The Morgan fingerprint density at radius 2 is 2.19 bits per heavy atom. The number of amides is 3. The summed E-state index contributed by atoms with van der Waals surface area (Å²) in [5.41, 5.74) is 0.714. The zero-order valence-electron chi connectivity index (χ0n) is 14.9. The van der Waals surface area contributed by atoms with E-state index in [4.69, 9.17) is 16.3 Å². The Balaban J connectivity index is 1.76. The van der Waals surface area contributed by atoms with Gasteiger partial charge in [0.1, 0.15) is 18.9 Å². The summed E-state index contributed by atoms with van der Waals surface area (Å²) in [5, 5.41) is 8.13. The Morgan fingerprint density at radius 1 is 1.41 bits per heavy atom. The maximum Gasteiger partial charge on any atom is 0.408 e. The number of hydrogen-bond acceptors (Lipinski definition) is 5. The first kappa shape index (κ1) is 20.7. The second kappa shape index (κ2) is 9.91. The molecule has 1 aromatic rings. The molecule has 0 spiro atoms. The van der Waals surface area contributed by atoms with Crippen molar-refractivity contribution in [2.24, 2.45) is 5.92 Å². The van der Waals surface area contributed by atoms with Crippen LogP contribution in [0, 0.1) is 5.92 Å². The van der Waals surface area contributed by atoms with Gasteiger partial charge in [-0.25, -0.2) is 4.79 Å². The van der Waals surface area contributed by atoms with Crippen molar-refractivity contribution in [2.45, 2.75) is 38.5 Å². The van der Waals surface area contributed by atoms with Crippen molar-refractivity contribution < 1.29 is 23.9 Å². The van der Waals surface area contributed by atoms with Crippen molar-refractivity contribution in [2.75, 3.05) is 6.54 Å². The molecule has 9 heteroatoms. The maximum atomic E-state index is 12.2. The van der Waals surface area contributed by atoms with E-state index < -0.39 is 24.1 Å². The van der Waals surface area contributed by atoms with E-state index >= 15 is 0 Å². The number of benzene rings is 1. The fourth-order valence-corrected chi connectivity index (χ4v) is 2.91. The van der Waals surface area contributed by atoms with Crippen LogP contribution in [-0.2, 0) is 25.7 Å². The molecule has 3 amide bonds. The number of nitrogens with one attached hydrogen (secondary N) is 3. The summed E-state index contributed by atoms with van der Waals surface area (Å²) < 4.78 is 5.05. The van der Waals surface area contributed by atoms with E-state index in [0.717, 1.165) is 0 Å².